The number of amides is 4. The van der Waals surface area contributed by atoms with E-state index in [1.54, 1.807) is 45.1 Å². The smallest absolute Gasteiger partial charge is 0.407 e. The Kier molecular flexibility index (Phi) is 15.0. The van der Waals surface area contributed by atoms with Gasteiger partial charge in [-0.3, -0.25) is 20.0 Å². The number of rotatable bonds is 16. The van der Waals surface area contributed by atoms with Gasteiger partial charge in [0.1, 0.15) is 12.1 Å². The van der Waals surface area contributed by atoms with Crippen molar-refractivity contribution in [2.45, 2.75) is 64.9 Å². The number of pyridine rings is 1. The number of carbonyl (C=O) groups is 4. The molecule has 2 aromatic carbocycles. The van der Waals surface area contributed by atoms with E-state index in [0.717, 1.165) is 22.3 Å². The Morgan fingerprint density at radius 2 is 1.33 bits per heavy atom. The first-order valence-electron chi connectivity index (χ1n) is 16.2. The minimum absolute atomic E-state index is 0.103. The van der Waals surface area contributed by atoms with Gasteiger partial charge >= 0.3 is 12.2 Å². The number of aliphatic hydroxyl groups is 1. The molecule has 0 bridgehead atoms. The number of ether oxygens (including phenoxy) is 2. The molecule has 1 aromatic heterocycles. The highest BCUT2D eigenvalue weighted by Crippen LogP contribution is 2.19. The molecule has 0 radical (unpaired) electrons. The summed E-state index contributed by atoms with van der Waals surface area (Å²) in [5.41, 5.74) is 6.46. The maximum atomic E-state index is 13.6. The van der Waals surface area contributed by atoms with Gasteiger partial charge in [-0.05, 0) is 46.6 Å². The second-order valence-corrected chi connectivity index (χ2v) is 12.4. The maximum absolute atomic E-state index is 13.6. The average Bonchev–Trinajstić information content (AvgIpc) is 3.09. The zero-order valence-electron chi connectivity index (χ0n) is 28.9. The van der Waals surface area contributed by atoms with Gasteiger partial charge in [0.25, 0.3) is 5.91 Å². The number of aromatic nitrogens is 1. The van der Waals surface area contributed by atoms with Crippen molar-refractivity contribution in [3.63, 3.8) is 0 Å². The summed E-state index contributed by atoms with van der Waals surface area (Å²) >= 11 is 0. The second kappa shape index (κ2) is 19.1. The second-order valence-electron chi connectivity index (χ2n) is 12.4. The summed E-state index contributed by atoms with van der Waals surface area (Å²) in [6, 6.07) is 18.2. The van der Waals surface area contributed by atoms with Crippen molar-refractivity contribution in [3.8, 4) is 11.1 Å². The average molecular weight is 677 g/mol. The number of hydrogen-bond acceptors (Lipinski definition) is 9. The largest absolute Gasteiger partial charge is 0.453 e. The summed E-state index contributed by atoms with van der Waals surface area (Å²) in [4.78, 5) is 55.3. The van der Waals surface area contributed by atoms with E-state index in [0.29, 0.717) is 0 Å². The zero-order valence-corrected chi connectivity index (χ0v) is 28.9. The summed E-state index contributed by atoms with van der Waals surface area (Å²) in [7, 11) is 2.43. The van der Waals surface area contributed by atoms with Crippen LogP contribution in [-0.4, -0.2) is 84.1 Å². The van der Waals surface area contributed by atoms with Crippen molar-refractivity contribution in [1.82, 2.24) is 31.4 Å². The topological polar surface area (TPSA) is 171 Å². The van der Waals surface area contributed by atoms with E-state index in [-0.39, 0.29) is 31.3 Å². The van der Waals surface area contributed by atoms with E-state index in [1.165, 1.54) is 14.2 Å². The molecular weight excluding hydrogens is 628 g/mol. The normalized spacial score (nSPS) is 13.6. The third-order valence-corrected chi connectivity index (χ3v) is 7.90. The van der Waals surface area contributed by atoms with Crippen molar-refractivity contribution >= 4 is 24.0 Å². The summed E-state index contributed by atoms with van der Waals surface area (Å²) in [5.74, 6) is -1.58. The van der Waals surface area contributed by atoms with Crippen LogP contribution in [0.2, 0.25) is 0 Å². The van der Waals surface area contributed by atoms with Crippen LogP contribution in [-0.2, 0) is 32.0 Å². The minimum Gasteiger partial charge on any atom is -0.453 e. The van der Waals surface area contributed by atoms with E-state index in [4.69, 9.17) is 9.47 Å². The monoisotopic (exact) mass is 676 g/mol. The Balaban J connectivity index is 1.91. The molecule has 0 aliphatic carbocycles. The molecule has 0 saturated carbocycles. The zero-order chi connectivity index (χ0) is 35.9. The number of hydrazine groups is 1. The van der Waals surface area contributed by atoms with Gasteiger partial charge < -0.3 is 30.5 Å². The molecule has 0 fully saturated rings. The van der Waals surface area contributed by atoms with Crippen LogP contribution in [0.3, 0.4) is 0 Å². The molecule has 0 unspecified atom stereocenters. The first kappa shape index (κ1) is 38.4. The molecule has 4 atom stereocenters. The standard InChI is InChI=1S/C36H48N6O7/c1-23(2)31(39-35(46)48-5)33(44)38-29(19-25-11-8-7-9-12-25)30(43)22-42(41-34(45)32(24(3)4)40-36(47)49-6)21-26-14-16-27(17-15-26)28-13-10-18-37-20-28/h7-18,20,23-24,29-32,43H,19,21-22H2,1-6H3,(H,38,44)(H,39,46)(H,40,47)(H,41,45)/t29-,30-,31-,32-/m0/s1. The molecule has 0 saturated heterocycles. The van der Waals surface area contributed by atoms with Gasteiger partial charge in [-0.2, -0.15) is 0 Å². The summed E-state index contributed by atoms with van der Waals surface area (Å²) < 4.78 is 9.44. The van der Waals surface area contributed by atoms with E-state index >= 15 is 0 Å². The fourth-order valence-electron chi connectivity index (χ4n) is 5.15. The van der Waals surface area contributed by atoms with Crippen molar-refractivity contribution in [3.05, 3.63) is 90.3 Å². The fourth-order valence-corrected chi connectivity index (χ4v) is 5.15. The molecule has 0 aliphatic heterocycles. The van der Waals surface area contributed by atoms with Crippen molar-refractivity contribution in [2.24, 2.45) is 11.8 Å². The van der Waals surface area contributed by atoms with Crippen molar-refractivity contribution in [1.29, 1.82) is 0 Å². The van der Waals surface area contributed by atoms with Crippen LogP contribution in [0.15, 0.2) is 79.1 Å². The highest BCUT2D eigenvalue weighted by molar-refractivity contribution is 5.86. The molecular formula is C36H48N6O7. The Labute approximate surface area is 287 Å². The third kappa shape index (κ3) is 12.2. The number of nitrogens with one attached hydrogen (secondary N) is 4. The fraction of sp³-hybridized carbons (Fsp3) is 0.417. The predicted octanol–water partition coefficient (Wildman–Crippen LogP) is 3.43. The SMILES string of the molecule is COC(=O)N[C@H](C(=O)N[C@@H](Cc1ccccc1)[C@@H](O)CN(Cc1ccc(-c2cccnc2)cc1)NC(=O)[C@@H](NC(=O)OC)C(C)C)C(C)C. The Hall–Kier alpha value is -5.01. The quantitative estimate of drug-likeness (QED) is 0.143. The molecule has 0 spiro atoms. The molecule has 0 aliphatic rings. The number of alkyl carbamates (subject to hydrolysis) is 2. The lowest BCUT2D eigenvalue weighted by atomic mass is 9.98. The minimum atomic E-state index is -1.20. The van der Waals surface area contributed by atoms with E-state index < -0.39 is 48.2 Å². The summed E-state index contributed by atoms with van der Waals surface area (Å²) in [6.45, 7) is 7.22. The first-order valence-corrected chi connectivity index (χ1v) is 16.2. The van der Waals surface area contributed by atoms with Gasteiger partial charge in [-0.25, -0.2) is 14.6 Å². The van der Waals surface area contributed by atoms with Crippen LogP contribution < -0.4 is 21.4 Å². The maximum Gasteiger partial charge on any atom is 0.407 e. The molecule has 264 valence electrons. The molecule has 13 nitrogen and oxygen atoms in total. The van der Waals surface area contributed by atoms with Crippen LogP contribution in [0, 0.1) is 11.8 Å². The van der Waals surface area contributed by atoms with Gasteiger partial charge in [0, 0.05) is 25.5 Å². The summed E-state index contributed by atoms with van der Waals surface area (Å²) in [5, 5.41) is 21.3. The van der Waals surface area contributed by atoms with Gasteiger partial charge in [0.05, 0.1) is 26.4 Å². The number of carbonyl (C=O) groups excluding carboxylic acids is 4. The number of aliphatic hydroxyl groups excluding tert-OH is 1. The van der Waals surface area contributed by atoms with Gasteiger partial charge in [-0.15, -0.1) is 0 Å². The molecule has 3 rings (SSSR count). The van der Waals surface area contributed by atoms with Gasteiger partial charge in [-0.1, -0.05) is 88.4 Å². The lowest BCUT2D eigenvalue weighted by Crippen LogP contribution is -2.59. The van der Waals surface area contributed by atoms with Crippen molar-refractivity contribution < 1.29 is 33.8 Å². The van der Waals surface area contributed by atoms with E-state index in [2.05, 4.69) is 26.4 Å². The first-order chi connectivity index (χ1) is 23.4. The summed E-state index contributed by atoms with van der Waals surface area (Å²) in [6.07, 6.45) is 1.03. The molecule has 4 amide bonds. The Morgan fingerprint density at radius 1 is 0.735 bits per heavy atom. The highest BCUT2D eigenvalue weighted by Gasteiger charge is 2.32. The van der Waals surface area contributed by atoms with Crippen LogP contribution in [0.5, 0.6) is 0 Å². The Bertz CT molecular complexity index is 1490. The van der Waals surface area contributed by atoms with Crippen LogP contribution >= 0.6 is 0 Å². The number of nitrogens with zero attached hydrogens (tertiary/aromatic N) is 2. The molecule has 49 heavy (non-hydrogen) atoms. The molecule has 3 aromatic rings. The van der Waals surface area contributed by atoms with Crippen LogP contribution in [0.25, 0.3) is 11.1 Å². The number of benzene rings is 2. The number of methoxy groups -OCH3 is 2. The highest BCUT2D eigenvalue weighted by atomic mass is 16.5. The molecule has 13 heteroatoms. The number of hydrogen-bond donors (Lipinski definition) is 5. The van der Waals surface area contributed by atoms with Gasteiger partial charge in [0.15, 0.2) is 0 Å². The molecule has 1 heterocycles. The lowest BCUT2D eigenvalue weighted by Gasteiger charge is -2.33. The Morgan fingerprint density at radius 3 is 1.86 bits per heavy atom. The third-order valence-electron chi connectivity index (χ3n) is 7.90. The van der Waals surface area contributed by atoms with E-state index in [9.17, 15) is 24.3 Å². The van der Waals surface area contributed by atoms with E-state index in [1.807, 2.05) is 66.7 Å². The van der Waals surface area contributed by atoms with Crippen molar-refractivity contribution in [2.75, 3.05) is 20.8 Å². The lowest BCUT2D eigenvalue weighted by molar-refractivity contribution is -0.131. The molecule has 5 N–H and O–H groups in total. The van der Waals surface area contributed by atoms with Gasteiger partial charge in [0.2, 0.25) is 5.91 Å². The van der Waals surface area contributed by atoms with Crippen LogP contribution in [0.4, 0.5) is 9.59 Å². The van der Waals surface area contributed by atoms with Crippen LogP contribution in [0.1, 0.15) is 38.8 Å². The predicted molar refractivity (Wildman–Crippen MR) is 185 cm³/mol.